The van der Waals surface area contributed by atoms with Gasteiger partial charge in [0.15, 0.2) is 0 Å². The lowest BCUT2D eigenvalue weighted by atomic mass is 9.98. The molecule has 0 heterocycles. The van der Waals surface area contributed by atoms with Gasteiger partial charge >= 0.3 is 0 Å². The Balaban J connectivity index is 3.18. The first-order valence-electron chi connectivity index (χ1n) is 4.55. The smallest absolute Gasteiger partial charge is 0.0621 e. The molecule has 12 heavy (non-hydrogen) atoms. The molecule has 0 N–H and O–H groups in total. The fourth-order valence-electron chi connectivity index (χ4n) is 1.20. The van der Waals surface area contributed by atoms with E-state index in [1.54, 1.807) is 0 Å². The molecular weight excluding hydrogens is 148 g/mol. The quantitative estimate of drug-likeness (QED) is 0.566. The molecule has 2 heteroatoms. The van der Waals surface area contributed by atoms with Gasteiger partial charge in [-0.2, -0.15) is 10.5 Å². The summed E-state index contributed by atoms with van der Waals surface area (Å²) in [6.45, 7) is 2.19. The zero-order valence-corrected chi connectivity index (χ0v) is 7.71. The Hall–Kier alpha value is -1.02. The molecule has 0 rings (SSSR count). The first kappa shape index (κ1) is 11.0. The second-order valence-electron chi connectivity index (χ2n) is 3.21. The molecule has 2 nitrogen and oxygen atoms in total. The van der Waals surface area contributed by atoms with E-state index in [1.165, 1.54) is 0 Å². The van der Waals surface area contributed by atoms with Crippen LogP contribution in [0.25, 0.3) is 0 Å². The number of nitrogens with zero attached hydrogens (tertiary/aromatic N) is 2. The fourth-order valence-corrected chi connectivity index (χ4v) is 1.20. The van der Waals surface area contributed by atoms with E-state index in [-0.39, 0.29) is 0 Å². The summed E-state index contributed by atoms with van der Waals surface area (Å²) in [7, 11) is 0. The van der Waals surface area contributed by atoms with Gasteiger partial charge < -0.3 is 0 Å². The van der Waals surface area contributed by atoms with Gasteiger partial charge in [0.25, 0.3) is 0 Å². The summed E-state index contributed by atoms with van der Waals surface area (Å²) < 4.78 is 0. The van der Waals surface area contributed by atoms with Crippen LogP contribution >= 0.6 is 0 Å². The van der Waals surface area contributed by atoms with Crippen molar-refractivity contribution >= 4 is 0 Å². The maximum absolute atomic E-state index is 8.30. The maximum Gasteiger partial charge on any atom is 0.0621 e. The zero-order chi connectivity index (χ0) is 9.23. The lowest BCUT2D eigenvalue weighted by Gasteiger charge is -2.07. The average molecular weight is 164 g/mol. The lowest BCUT2D eigenvalue weighted by Crippen LogP contribution is -1.93. The van der Waals surface area contributed by atoms with Crippen molar-refractivity contribution in [3.63, 3.8) is 0 Å². The molecule has 0 fully saturated rings. The van der Waals surface area contributed by atoms with Gasteiger partial charge in [0, 0.05) is 12.8 Å². The Morgan fingerprint density at radius 1 is 1.00 bits per heavy atom. The summed E-state index contributed by atoms with van der Waals surface area (Å²) in [5, 5.41) is 16.6. The van der Waals surface area contributed by atoms with E-state index >= 15 is 0 Å². The van der Waals surface area contributed by atoms with Crippen LogP contribution in [0.5, 0.6) is 0 Å². The monoisotopic (exact) mass is 164 g/mol. The molecule has 0 aliphatic heterocycles. The summed E-state index contributed by atoms with van der Waals surface area (Å²) in [6, 6.07) is 4.28. The topological polar surface area (TPSA) is 47.6 Å². The van der Waals surface area contributed by atoms with Gasteiger partial charge in [0.2, 0.25) is 0 Å². The van der Waals surface area contributed by atoms with Crippen molar-refractivity contribution in [2.75, 3.05) is 0 Å². The van der Waals surface area contributed by atoms with Gasteiger partial charge in [-0.15, -0.1) is 0 Å². The minimum atomic E-state index is 0.669. The van der Waals surface area contributed by atoms with E-state index in [4.69, 9.17) is 10.5 Å². The Bertz CT molecular complexity index is 153. The first-order valence-corrected chi connectivity index (χ1v) is 4.55. The average Bonchev–Trinajstić information content (AvgIpc) is 2.06. The third-order valence-corrected chi connectivity index (χ3v) is 1.97. The Morgan fingerprint density at radius 2 is 1.42 bits per heavy atom. The Kier molecular flexibility index (Phi) is 7.39. The first-order chi connectivity index (χ1) is 5.81. The van der Waals surface area contributed by atoms with E-state index < -0.39 is 0 Å². The van der Waals surface area contributed by atoms with Crippen molar-refractivity contribution in [3.8, 4) is 12.1 Å². The summed E-state index contributed by atoms with van der Waals surface area (Å²) >= 11 is 0. The molecule has 0 amide bonds. The third kappa shape index (κ3) is 7.09. The van der Waals surface area contributed by atoms with Gasteiger partial charge in [0.1, 0.15) is 0 Å². The number of hydrogen-bond acceptors (Lipinski definition) is 2. The van der Waals surface area contributed by atoms with E-state index in [2.05, 4.69) is 19.1 Å². The highest BCUT2D eigenvalue weighted by atomic mass is 14.2. The molecule has 0 aromatic rings. The molecule has 0 aromatic carbocycles. The molecule has 0 saturated carbocycles. The fraction of sp³-hybridized carbons (Fsp3) is 0.800. The van der Waals surface area contributed by atoms with Gasteiger partial charge in [-0.05, 0) is 31.6 Å². The molecule has 0 radical (unpaired) electrons. The van der Waals surface area contributed by atoms with Crippen LogP contribution in [-0.2, 0) is 0 Å². The van der Waals surface area contributed by atoms with Crippen LogP contribution in [0.3, 0.4) is 0 Å². The van der Waals surface area contributed by atoms with Crippen LogP contribution in [0.2, 0.25) is 0 Å². The van der Waals surface area contributed by atoms with Crippen LogP contribution in [-0.4, -0.2) is 0 Å². The predicted octanol–water partition coefficient (Wildman–Crippen LogP) is 3.01. The summed E-state index contributed by atoms with van der Waals surface area (Å²) in [4.78, 5) is 0. The van der Waals surface area contributed by atoms with Crippen molar-refractivity contribution in [1.29, 1.82) is 10.5 Å². The molecule has 0 aromatic heterocycles. The van der Waals surface area contributed by atoms with Crippen molar-refractivity contribution in [3.05, 3.63) is 0 Å². The Labute approximate surface area is 74.8 Å². The normalized spacial score (nSPS) is 9.33. The zero-order valence-electron chi connectivity index (χ0n) is 7.71. The highest BCUT2D eigenvalue weighted by Gasteiger charge is 2.00. The summed E-state index contributed by atoms with van der Waals surface area (Å²) in [5.74, 6) is 0.673. The highest BCUT2D eigenvalue weighted by molar-refractivity contribution is 4.71. The molecule has 0 aliphatic rings. The third-order valence-electron chi connectivity index (χ3n) is 1.97. The van der Waals surface area contributed by atoms with Crippen molar-refractivity contribution in [2.45, 2.75) is 45.4 Å². The molecule has 0 atom stereocenters. The number of hydrogen-bond donors (Lipinski definition) is 0. The molecule has 0 bridgehead atoms. The lowest BCUT2D eigenvalue weighted by molar-refractivity contribution is 0.465. The minimum Gasteiger partial charge on any atom is -0.198 e. The van der Waals surface area contributed by atoms with Crippen LogP contribution in [0, 0.1) is 28.6 Å². The largest absolute Gasteiger partial charge is 0.198 e. The summed E-state index contributed by atoms with van der Waals surface area (Å²) in [6.07, 6.45) is 5.59. The van der Waals surface area contributed by atoms with E-state index in [1.807, 2.05) is 0 Å². The van der Waals surface area contributed by atoms with Gasteiger partial charge in [0.05, 0.1) is 12.1 Å². The number of unbranched alkanes of at least 4 members (excludes halogenated alkanes) is 2. The van der Waals surface area contributed by atoms with E-state index in [0.29, 0.717) is 18.8 Å². The number of nitriles is 2. The standard InChI is InChI=1S/C10H16N2/c1-10(6-2-4-8-11)7-3-5-9-12/h10H,2-7H2,1H3. The molecule has 0 saturated heterocycles. The van der Waals surface area contributed by atoms with Crippen LogP contribution in [0.15, 0.2) is 0 Å². The van der Waals surface area contributed by atoms with Gasteiger partial charge in [-0.1, -0.05) is 6.92 Å². The van der Waals surface area contributed by atoms with Gasteiger partial charge in [-0.3, -0.25) is 0 Å². The van der Waals surface area contributed by atoms with Crippen LogP contribution < -0.4 is 0 Å². The summed E-state index contributed by atoms with van der Waals surface area (Å²) in [5.41, 5.74) is 0. The Morgan fingerprint density at radius 3 is 1.75 bits per heavy atom. The maximum atomic E-state index is 8.30. The van der Waals surface area contributed by atoms with Crippen molar-refractivity contribution < 1.29 is 0 Å². The van der Waals surface area contributed by atoms with E-state index in [9.17, 15) is 0 Å². The van der Waals surface area contributed by atoms with Crippen molar-refractivity contribution in [1.82, 2.24) is 0 Å². The molecular formula is C10H16N2. The molecule has 0 unspecified atom stereocenters. The van der Waals surface area contributed by atoms with Gasteiger partial charge in [-0.25, -0.2) is 0 Å². The predicted molar refractivity (Wildman–Crippen MR) is 48.1 cm³/mol. The second kappa shape index (κ2) is 8.08. The SMILES string of the molecule is CC(CCCC#N)CCCC#N. The minimum absolute atomic E-state index is 0.669. The molecule has 0 spiro atoms. The van der Waals surface area contributed by atoms with Crippen LogP contribution in [0.1, 0.15) is 45.4 Å². The highest BCUT2D eigenvalue weighted by Crippen LogP contribution is 2.14. The molecule has 66 valence electrons. The number of rotatable bonds is 6. The second-order valence-corrected chi connectivity index (χ2v) is 3.21. The molecule has 0 aliphatic carbocycles. The van der Waals surface area contributed by atoms with Crippen molar-refractivity contribution in [2.24, 2.45) is 5.92 Å². The van der Waals surface area contributed by atoms with E-state index in [0.717, 1.165) is 25.7 Å². The van der Waals surface area contributed by atoms with Crippen LogP contribution in [0.4, 0.5) is 0 Å².